The van der Waals surface area contributed by atoms with Crippen LogP contribution in [0.5, 0.6) is 5.75 Å². The number of nitrogens with two attached hydrogens (primary N) is 1. The molecule has 0 bridgehead atoms. The van der Waals surface area contributed by atoms with Crippen molar-refractivity contribution >= 4 is 5.91 Å². The van der Waals surface area contributed by atoms with E-state index in [0.29, 0.717) is 6.42 Å². The van der Waals surface area contributed by atoms with Gasteiger partial charge >= 0.3 is 0 Å². The molecule has 0 spiro atoms. The zero-order valence-electron chi connectivity index (χ0n) is 11.6. The molecule has 1 aromatic rings. The van der Waals surface area contributed by atoms with Crippen LogP contribution in [0.4, 0.5) is 0 Å². The van der Waals surface area contributed by atoms with Gasteiger partial charge in [-0.15, -0.1) is 0 Å². The van der Waals surface area contributed by atoms with Crippen LogP contribution < -0.4 is 10.5 Å². The second-order valence-electron chi connectivity index (χ2n) is 5.01. The molecule has 1 heterocycles. The molecule has 4 nitrogen and oxygen atoms in total. The molecular formula is C15H22N2O2. The Labute approximate surface area is 114 Å². The average molecular weight is 262 g/mol. The molecule has 1 aromatic carbocycles. The SMILES string of the molecule is CCCN1C(=O)CCC(N)C1c1ccc(OC)cc1. The van der Waals surface area contributed by atoms with Crippen molar-refractivity contribution < 1.29 is 9.53 Å². The number of methoxy groups -OCH3 is 1. The molecule has 2 atom stereocenters. The summed E-state index contributed by atoms with van der Waals surface area (Å²) in [7, 11) is 1.65. The Morgan fingerprint density at radius 3 is 2.63 bits per heavy atom. The second kappa shape index (κ2) is 6.06. The van der Waals surface area contributed by atoms with Crippen LogP contribution in [0.25, 0.3) is 0 Å². The number of benzene rings is 1. The summed E-state index contributed by atoms with van der Waals surface area (Å²) in [5.41, 5.74) is 7.33. The molecule has 1 amide bonds. The fourth-order valence-corrected chi connectivity index (χ4v) is 2.71. The highest BCUT2D eigenvalue weighted by atomic mass is 16.5. The Bertz CT molecular complexity index is 430. The Morgan fingerprint density at radius 2 is 2.05 bits per heavy atom. The van der Waals surface area contributed by atoms with E-state index in [2.05, 4.69) is 6.92 Å². The fraction of sp³-hybridized carbons (Fsp3) is 0.533. The fourth-order valence-electron chi connectivity index (χ4n) is 2.71. The topological polar surface area (TPSA) is 55.6 Å². The summed E-state index contributed by atoms with van der Waals surface area (Å²) in [6, 6.07) is 7.86. The molecule has 2 unspecified atom stereocenters. The van der Waals surface area contributed by atoms with E-state index in [1.165, 1.54) is 0 Å². The van der Waals surface area contributed by atoms with Gasteiger partial charge in [0.25, 0.3) is 0 Å². The van der Waals surface area contributed by atoms with Crippen molar-refractivity contribution in [1.82, 2.24) is 4.90 Å². The van der Waals surface area contributed by atoms with Gasteiger partial charge in [-0.2, -0.15) is 0 Å². The van der Waals surface area contributed by atoms with Gasteiger partial charge in [-0.05, 0) is 30.5 Å². The number of rotatable bonds is 4. The molecule has 1 aliphatic rings. The van der Waals surface area contributed by atoms with E-state index >= 15 is 0 Å². The van der Waals surface area contributed by atoms with Gasteiger partial charge in [-0.25, -0.2) is 0 Å². The molecule has 19 heavy (non-hydrogen) atoms. The average Bonchev–Trinajstić information content (AvgIpc) is 2.44. The number of nitrogens with zero attached hydrogens (tertiary/aromatic N) is 1. The van der Waals surface area contributed by atoms with Crippen molar-refractivity contribution in [3.05, 3.63) is 29.8 Å². The van der Waals surface area contributed by atoms with Crippen LogP contribution in [0.15, 0.2) is 24.3 Å². The number of piperidine rings is 1. The van der Waals surface area contributed by atoms with Crippen LogP contribution in [0, 0.1) is 0 Å². The standard InChI is InChI=1S/C15H22N2O2/c1-3-10-17-14(18)9-8-13(16)15(17)11-4-6-12(19-2)7-5-11/h4-7,13,15H,3,8-10,16H2,1-2H3. The minimum atomic E-state index is -0.00731. The molecule has 4 heteroatoms. The molecule has 1 aliphatic heterocycles. The highest BCUT2D eigenvalue weighted by molar-refractivity contribution is 5.78. The van der Waals surface area contributed by atoms with E-state index in [4.69, 9.17) is 10.5 Å². The third-order valence-electron chi connectivity index (χ3n) is 3.68. The Morgan fingerprint density at radius 1 is 1.37 bits per heavy atom. The maximum absolute atomic E-state index is 12.1. The molecule has 0 aromatic heterocycles. The van der Waals surface area contributed by atoms with Gasteiger partial charge in [-0.1, -0.05) is 19.1 Å². The smallest absolute Gasteiger partial charge is 0.223 e. The lowest BCUT2D eigenvalue weighted by Gasteiger charge is -2.40. The lowest BCUT2D eigenvalue weighted by Crippen LogP contribution is -2.49. The zero-order valence-corrected chi connectivity index (χ0v) is 11.6. The lowest BCUT2D eigenvalue weighted by atomic mass is 9.90. The van der Waals surface area contributed by atoms with Crippen molar-refractivity contribution in [3.63, 3.8) is 0 Å². The molecule has 1 saturated heterocycles. The Hall–Kier alpha value is -1.55. The predicted molar refractivity (Wildman–Crippen MR) is 74.9 cm³/mol. The zero-order chi connectivity index (χ0) is 13.8. The molecule has 2 rings (SSSR count). The van der Waals surface area contributed by atoms with Crippen molar-refractivity contribution in [2.45, 2.75) is 38.3 Å². The van der Waals surface area contributed by atoms with Crippen molar-refractivity contribution in [2.75, 3.05) is 13.7 Å². The number of carbonyl (C=O) groups excluding carboxylic acids is 1. The quantitative estimate of drug-likeness (QED) is 0.904. The minimum Gasteiger partial charge on any atom is -0.497 e. The maximum atomic E-state index is 12.1. The summed E-state index contributed by atoms with van der Waals surface area (Å²) in [4.78, 5) is 14.0. The van der Waals surface area contributed by atoms with E-state index < -0.39 is 0 Å². The van der Waals surface area contributed by atoms with E-state index in [9.17, 15) is 4.79 Å². The Balaban J connectivity index is 2.27. The van der Waals surface area contributed by atoms with Crippen LogP contribution in [-0.4, -0.2) is 30.5 Å². The number of hydrogen-bond donors (Lipinski definition) is 1. The van der Waals surface area contributed by atoms with E-state index in [1.54, 1.807) is 7.11 Å². The summed E-state index contributed by atoms with van der Waals surface area (Å²) < 4.78 is 5.17. The van der Waals surface area contributed by atoms with Crippen LogP contribution >= 0.6 is 0 Å². The van der Waals surface area contributed by atoms with Crippen molar-refractivity contribution in [3.8, 4) is 5.75 Å². The van der Waals surface area contributed by atoms with Crippen LogP contribution in [0.2, 0.25) is 0 Å². The summed E-state index contributed by atoms with van der Waals surface area (Å²) in [5, 5.41) is 0. The summed E-state index contributed by atoms with van der Waals surface area (Å²) in [5.74, 6) is 1.03. The largest absolute Gasteiger partial charge is 0.497 e. The van der Waals surface area contributed by atoms with Crippen LogP contribution in [0.1, 0.15) is 37.8 Å². The molecular weight excluding hydrogens is 240 g/mol. The predicted octanol–water partition coefficient (Wildman–Crippen LogP) is 2.10. The van der Waals surface area contributed by atoms with Crippen molar-refractivity contribution in [1.29, 1.82) is 0 Å². The maximum Gasteiger partial charge on any atom is 0.223 e. The molecule has 104 valence electrons. The highest BCUT2D eigenvalue weighted by Crippen LogP contribution is 2.31. The van der Waals surface area contributed by atoms with Gasteiger partial charge in [0, 0.05) is 19.0 Å². The molecule has 0 aliphatic carbocycles. The third kappa shape index (κ3) is 2.89. The van der Waals surface area contributed by atoms with Gasteiger partial charge < -0.3 is 15.4 Å². The Kier molecular flexibility index (Phi) is 4.43. The number of amides is 1. The normalized spacial score (nSPS) is 23.5. The summed E-state index contributed by atoms with van der Waals surface area (Å²) >= 11 is 0. The van der Waals surface area contributed by atoms with E-state index in [1.807, 2.05) is 29.2 Å². The lowest BCUT2D eigenvalue weighted by molar-refractivity contribution is -0.137. The molecule has 2 N–H and O–H groups in total. The summed E-state index contributed by atoms with van der Waals surface area (Å²) in [6.45, 7) is 2.85. The molecule has 0 radical (unpaired) electrons. The number of carbonyl (C=O) groups is 1. The summed E-state index contributed by atoms with van der Waals surface area (Å²) in [6.07, 6.45) is 2.27. The number of ether oxygens (including phenoxy) is 1. The number of likely N-dealkylation sites (tertiary alicyclic amines) is 1. The molecule has 1 fully saturated rings. The van der Waals surface area contributed by atoms with Gasteiger partial charge in [-0.3, -0.25) is 4.79 Å². The van der Waals surface area contributed by atoms with Crippen LogP contribution in [-0.2, 0) is 4.79 Å². The highest BCUT2D eigenvalue weighted by Gasteiger charge is 2.34. The van der Waals surface area contributed by atoms with Gasteiger partial charge in [0.2, 0.25) is 5.91 Å². The third-order valence-corrected chi connectivity index (χ3v) is 3.68. The first-order chi connectivity index (χ1) is 9.17. The number of hydrogen-bond acceptors (Lipinski definition) is 3. The first kappa shape index (κ1) is 13.9. The van der Waals surface area contributed by atoms with Gasteiger partial charge in [0.05, 0.1) is 13.2 Å². The van der Waals surface area contributed by atoms with E-state index in [0.717, 1.165) is 30.7 Å². The minimum absolute atomic E-state index is 0.00731. The molecule has 0 saturated carbocycles. The first-order valence-corrected chi connectivity index (χ1v) is 6.86. The first-order valence-electron chi connectivity index (χ1n) is 6.86. The van der Waals surface area contributed by atoms with Gasteiger partial charge in [0.1, 0.15) is 5.75 Å². The van der Waals surface area contributed by atoms with Crippen molar-refractivity contribution in [2.24, 2.45) is 5.73 Å². The van der Waals surface area contributed by atoms with E-state index in [-0.39, 0.29) is 18.0 Å². The monoisotopic (exact) mass is 262 g/mol. The van der Waals surface area contributed by atoms with Gasteiger partial charge in [0.15, 0.2) is 0 Å². The van der Waals surface area contributed by atoms with Crippen LogP contribution in [0.3, 0.4) is 0 Å². The second-order valence-corrected chi connectivity index (χ2v) is 5.01.